The minimum absolute atomic E-state index is 0.0188. The number of amides is 2. The lowest BCUT2D eigenvalue weighted by atomic mass is 10.2. The van der Waals surface area contributed by atoms with E-state index in [9.17, 15) is 9.59 Å². The van der Waals surface area contributed by atoms with E-state index in [1.54, 1.807) is 5.38 Å². The van der Waals surface area contributed by atoms with Crippen LogP contribution in [-0.2, 0) is 11.4 Å². The van der Waals surface area contributed by atoms with Crippen LogP contribution in [0.25, 0.3) is 0 Å². The highest BCUT2D eigenvalue weighted by Gasteiger charge is 2.11. The van der Waals surface area contributed by atoms with Gasteiger partial charge in [0.1, 0.15) is 23.1 Å². The predicted octanol–water partition coefficient (Wildman–Crippen LogP) is 3.07. The maximum Gasteiger partial charge on any atom is 0.270 e. The van der Waals surface area contributed by atoms with Gasteiger partial charge in [0.25, 0.3) is 5.91 Å². The van der Waals surface area contributed by atoms with Crippen molar-refractivity contribution in [3.8, 4) is 5.75 Å². The Kier molecular flexibility index (Phi) is 8.08. The minimum atomic E-state index is -0.245. The Morgan fingerprint density at radius 2 is 1.88 bits per heavy atom. The summed E-state index contributed by atoms with van der Waals surface area (Å²) in [5.41, 5.74) is 1.54. The molecule has 1 aromatic carbocycles. The first kappa shape index (κ1) is 19.9. The number of thiazole rings is 1. The molecule has 0 saturated heterocycles. The fraction of sp³-hybridized carbons (Fsp3) is 0.421. The summed E-state index contributed by atoms with van der Waals surface area (Å²) in [7, 11) is 0. The number of benzene rings is 1. The first-order valence-electron chi connectivity index (χ1n) is 8.77. The number of hydrogen-bond acceptors (Lipinski definition) is 5. The summed E-state index contributed by atoms with van der Waals surface area (Å²) in [5, 5.41) is 7.98. The molecule has 2 rings (SSSR count). The van der Waals surface area contributed by atoms with Crippen molar-refractivity contribution in [3.63, 3.8) is 0 Å². The van der Waals surface area contributed by atoms with E-state index in [1.165, 1.54) is 16.9 Å². The number of ether oxygens (including phenoxy) is 1. The Hall–Kier alpha value is -2.41. The molecule has 140 valence electrons. The summed E-state index contributed by atoms with van der Waals surface area (Å²) in [4.78, 5) is 27.8. The SMILES string of the molecule is CCCCC(=O)NCCNC(=O)c1csc(COc2ccc(C)cc2)n1. The molecule has 0 saturated carbocycles. The second-order valence-corrected chi connectivity index (χ2v) is 6.88. The maximum atomic E-state index is 12.1. The average molecular weight is 375 g/mol. The van der Waals surface area contributed by atoms with Crippen molar-refractivity contribution in [2.24, 2.45) is 0 Å². The third-order valence-electron chi connectivity index (χ3n) is 3.66. The largest absolute Gasteiger partial charge is 0.486 e. The highest BCUT2D eigenvalue weighted by Crippen LogP contribution is 2.16. The van der Waals surface area contributed by atoms with Crippen molar-refractivity contribution in [2.75, 3.05) is 13.1 Å². The molecule has 26 heavy (non-hydrogen) atoms. The van der Waals surface area contributed by atoms with E-state index in [1.807, 2.05) is 38.1 Å². The lowest BCUT2D eigenvalue weighted by Crippen LogP contribution is -2.34. The van der Waals surface area contributed by atoms with Gasteiger partial charge >= 0.3 is 0 Å². The van der Waals surface area contributed by atoms with E-state index in [2.05, 4.69) is 15.6 Å². The van der Waals surface area contributed by atoms with Crippen LogP contribution in [0.5, 0.6) is 5.75 Å². The second kappa shape index (κ2) is 10.6. The molecular weight excluding hydrogens is 350 g/mol. The van der Waals surface area contributed by atoms with Gasteiger partial charge in [0, 0.05) is 24.9 Å². The Labute approximate surface area is 158 Å². The van der Waals surface area contributed by atoms with Gasteiger partial charge in [-0.05, 0) is 25.5 Å². The summed E-state index contributed by atoms with van der Waals surface area (Å²) in [6.07, 6.45) is 2.40. The zero-order valence-electron chi connectivity index (χ0n) is 15.2. The van der Waals surface area contributed by atoms with E-state index < -0.39 is 0 Å². The molecule has 0 spiro atoms. The topological polar surface area (TPSA) is 80.3 Å². The fourth-order valence-corrected chi connectivity index (χ4v) is 2.84. The molecule has 0 aliphatic rings. The summed E-state index contributed by atoms with van der Waals surface area (Å²) in [5.74, 6) is 0.548. The van der Waals surface area contributed by atoms with Gasteiger partial charge in [-0.25, -0.2) is 4.98 Å². The van der Waals surface area contributed by atoms with Crippen molar-refractivity contribution in [3.05, 3.63) is 45.9 Å². The van der Waals surface area contributed by atoms with Crippen LogP contribution >= 0.6 is 11.3 Å². The van der Waals surface area contributed by atoms with Crippen LogP contribution in [0.3, 0.4) is 0 Å². The lowest BCUT2D eigenvalue weighted by molar-refractivity contribution is -0.121. The zero-order chi connectivity index (χ0) is 18.8. The Balaban J connectivity index is 1.70. The van der Waals surface area contributed by atoms with Gasteiger partial charge < -0.3 is 15.4 Å². The number of nitrogens with zero attached hydrogens (tertiary/aromatic N) is 1. The van der Waals surface area contributed by atoms with Crippen LogP contribution in [0, 0.1) is 6.92 Å². The number of carbonyl (C=O) groups excluding carboxylic acids is 2. The molecule has 0 atom stereocenters. The van der Waals surface area contributed by atoms with Gasteiger partial charge in [0.15, 0.2) is 0 Å². The van der Waals surface area contributed by atoms with E-state index in [-0.39, 0.29) is 11.8 Å². The minimum Gasteiger partial charge on any atom is -0.486 e. The van der Waals surface area contributed by atoms with Gasteiger partial charge in [-0.3, -0.25) is 9.59 Å². The van der Waals surface area contributed by atoms with Gasteiger partial charge in [-0.1, -0.05) is 31.0 Å². The van der Waals surface area contributed by atoms with Gasteiger partial charge in [0.05, 0.1) is 0 Å². The molecule has 2 amide bonds. The van der Waals surface area contributed by atoms with Crippen LogP contribution in [-0.4, -0.2) is 29.9 Å². The van der Waals surface area contributed by atoms with E-state index in [4.69, 9.17) is 4.74 Å². The van der Waals surface area contributed by atoms with Crippen LogP contribution < -0.4 is 15.4 Å². The normalized spacial score (nSPS) is 10.4. The van der Waals surface area contributed by atoms with Crippen molar-refractivity contribution < 1.29 is 14.3 Å². The van der Waals surface area contributed by atoms with E-state index in [0.29, 0.717) is 31.8 Å². The van der Waals surface area contributed by atoms with Crippen molar-refractivity contribution in [2.45, 2.75) is 39.7 Å². The highest BCUT2D eigenvalue weighted by molar-refractivity contribution is 7.09. The molecular formula is C19H25N3O3S. The summed E-state index contributed by atoms with van der Waals surface area (Å²) in [6.45, 7) is 5.19. The molecule has 1 aromatic heterocycles. The number of hydrogen-bond donors (Lipinski definition) is 2. The third kappa shape index (κ3) is 6.84. The first-order chi connectivity index (χ1) is 12.6. The fourth-order valence-electron chi connectivity index (χ4n) is 2.16. The van der Waals surface area contributed by atoms with Crippen molar-refractivity contribution in [1.82, 2.24) is 15.6 Å². The molecule has 6 nitrogen and oxygen atoms in total. The van der Waals surface area contributed by atoms with E-state index in [0.717, 1.165) is 23.6 Å². The average Bonchev–Trinajstić information content (AvgIpc) is 3.12. The van der Waals surface area contributed by atoms with Crippen LogP contribution in [0.2, 0.25) is 0 Å². The molecule has 2 N–H and O–H groups in total. The molecule has 1 heterocycles. The van der Waals surface area contributed by atoms with Gasteiger partial charge in [-0.15, -0.1) is 11.3 Å². The molecule has 0 aliphatic carbocycles. The smallest absolute Gasteiger partial charge is 0.270 e. The highest BCUT2D eigenvalue weighted by atomic mass is 32.1. The Morgan fingerprint density at radius 1 is 1.15 bits per heavy atom. The summed E-state index contributed by atoms with van der Waals surface area (Å²) < 4.78 is 5.67. The van der Waals surface area contributed by atoms with Crippen LogP contribution in [0.1, 0.15) is 47.2 Å². The predicted molar refractivity (Wildman–Crippen MR) is 102 cm³/mol. The summed E-state index contributed by atoms with van der Waals surface area (Å²) in [6, 6.07) is 7.78. The summed E-state index contributed by atoms with van der Waals surface area (Å²) >= 11 is 1.39. The van der Waals surface area contributed by atoms with Crippen molar-refractivity contribution >= 4 is 23.2 Å². The number of nitrogens with one attached hydrogen (secondary N) is 2. The number of carbonyl (C=O) groups is 2. The molecule has 0 fully saturated rings. The standard InChI is InChI=1S/C19H25N3O3S/c1-3-4-5-17(23)20-10-11-21-19(24)16-13-26-18(22-16)12-25-15-8-6-14(2)7-9-15/h6-9,13H,3-5,10-12H2,1-2H3,(H,20,23)(H,21,24). The number of aromatic nitrogens is 1. The maximum absolute atomic E-state index is 12.1. The molecule has 0 radical (unpaired) electrons. The molecule has 7 heteroatoms. The number of unbranched alkanes of at least 4 members (excludes halogenated alkanes) is 1. The monoisotopic (exact) mass is 375 g/mol. The molecule has 0 unspecified atom stereocenters. The zero-order valence-corrected chi connectivity index (χ0v) is 16.0. The van der Waals surface area contributed by atoms with Crippen LogP contribution in [0.4, 0.5) is 0 Å². The first-order valence-corrected chi connectivity index (χ1v) is 9.65. The lowest BCUT2D eigenvalue weighted by Gasteiger charge is -2.06. The van der Waals surface area contributed by atoms with Crippen LogP contribution in [0.15, 0.2) is 29.6 Å². The van der Waals surface area contributed by atoms with E-state index >= 15 is 0 Å². The molecule has 2 aromatic rings. The Morgan fingerprint density at radius 3 is 2.62 bits per heavy atom. The number of rotatable bonds is 10. The van der Waals surface area contributed by atoms with Gasteiger partial charge in [-0.2, -0.15) is 0 Å². The molecule has 0 aliphatic heterocycles. The second-order valence-electron chi connectivity index (χ2n) is 5.94. The van der Waals surface area contributed by atoms with Gasteiger partial charge in [0.2, 0.25) is 5.91 Å². The third-order valence-corrected chi connectivity index (χ3v) is 4.48. The molecule has 0 bridgehead atoms. The quantitative estimate of drug-likeness (QED) is 0.626. The Bertz CT molecular complexity index is 713. The van der Waals surface area contributed by atoms with Crippen molar-refractivity contribution in [1.29, 1.82) is 0 Å². The number of aryl methyl sites for hydroxylation is 1.